The molecule has 0 bridgehead atoms. The minimum absolute atomic E-state index is 0.0229. The van der Waals surface area contributed by atoms with Crippen LogP contribution in [0.4, 0.5) is 0 Å². The lowest BCUT2D eigenvalue weighted by Crippen LogP contribution is -2.37. The van der Waals surface area contributed by atoms with E-state index in [1.54, 1.807) is 7.05 Å². The molecule has 1 saturated carbocycles. The predicted octanol–water partition coefficient (Wildman–Crippen LogP) is -0.257. The van der Waals surface area contributed by atoms with Gasteiger partial charge in [-0.05, 0) is 12.8 Å². The molecular formula is C9H14N2O2. The average molecular weight is 182 g/mol. The maximum absolute atomic E-state index is 11.7. The Balaban J connectivity index is 2.21. The second-order valence-corrected chi connectivity index (χ2v) is 3.91. The van der Waals surface area contributed by atoms with Crippen LogP contribution >= 0.6 is 0 Å². The molecule has 0 aromatic heterocycles. The molecule has 2 fully saturated rings. The first-order valence-corrected chi connectivity index (χ1v) is 4.73. The Bertz CT molecular complexity index is 252. The number of nitrogens with one attached hydrogen (secondary N) is 1. The molecule has 2 rings (SSSR count). The quantitative estimate of drug-likeness (QED) is 0.561. The van der Waals surface area contributed by atoms with E-state index in [0.29, 0.717) is 0 Å². The van der Waals surface area contributed by atoms with Crippen molar-refractivity contribution in [1.29, 1.82) is 0 Å². The third-order valence-electron chi connectivity index (χ3n) is 2.94. The van der Waals surface area contributed by atoms with E-state index in [9.17, 15) is 9.59 Å². The van der Waals surface area contributed by atoms with Crippen molar-refractivity contribution in [2.75, 3.05) is 13.6 Å². The first-order chi connectivity index (χ1) is 6.18. The number of carbonyl (C=O) groups is 2. The second-order valence-electron chi connectivity index (χ2n) is 3.91. The van der Waals surface area contributed by atoms with Crippen molar-refractivity contribution in [3.8, 4) is 0 Å². The predicted molar refractivity (Wildman–Crippen MR) is 46.9 cm³/mol. The minimum atomic E-state index is -0.0229. The normalized spacial score (nSPS) is 34.1. The van der Waals surface area contributed by atoms with E-state index in [2.05, 4.69) is 5.32 Å². The summed E-state index contributed by atoms with van der Waals surface area (Å²) in [5.41, 5.74) is 0. The fourth-order valence-corrected chi connectivity index (χ4v) is 2.26. The van der Waals surface area contributed by atoms with E-state index in [1.807, 2.05) is 0 Å². The highest BCUT2D eigenvalue weighted by molar-refractivity contribution is 5.89. The van der Waals surface area contributed by atoms with Gasteiger partial charge in [-0.1, -0.05) is 6.42 Å². The van der Waals surface area contributed by atoms with Gasteiger partial charge in [-0.15, -0.1) is 0 Å². The Morgan fingerprint density at radius 3 is 2.92 bits per heavy atom. The van der Waals surface area contributed by atoms with Gasteiger partial charge in [0.25, 0.3) is 0 Å². The number of nitrogens with zero attached hydrogens (tertiary/aromatic N) is 1. The smallest absolute Gasteiger partial charge is 0.239 e. The molecule has 0 aromatic rings. The van der Waals surface area contributed by atoms with Crippen LogP contribution in [0.25, 0.3) is 0 Å². The Hall–Kier alpha value is -1.06. The highest BCUT2D eigenvalue weighted by Crippen LogP contribution is 2.28. The molecule has 72 valence electrons. The van der Waals surface area contributed by atoms with Crippen molar-refractivity contribution < 1.29 is 9.59 Å². The molecule has 1 aliphatic heterocycles. The van der Waals surface area contributed by atoms with Crippen LogP contribution in [0.3, 0.4) is 0 Å². The molecule has 2 unspecified atom stereocenters. The maximum Gasteiger partial charge on any atom is 0.239 e. The van der Waals surface area contributed by atoms with Crippen molar-refractivity contribution in [3.63, 3.8) is 0 Å². The number of carbonyl (C=O) groups excluding carboxylic acids is 2. The average Bonchev–Trinajstić information content (AvgIpc) is 2.47. The third kappa shape index (κ3) is 1.41. The number of hydrogen-bond acceptors (Lipinski definition) is 2. The molecule has 4 heteroatoms. The van der Waals surface area contributed by atoms with Crippen molar-refractivity contribution in [2.24, 2.45) is 5.92 Å². The highest BCUT2D eigenvalue weighted by atomic mass is 16.2. The SMILES string of the molecule is CN1CC(=O)NC2CCCC2C1=O. The van der Waals surface area contributed by atoms with Crippen molar-refractivity contribution in [2.45, 2.75) is 25.3 Å². The number of amides is 2. The Morgan fingerprint density at radius 2 is 2.15 bits per heavy atom. The van der Waals surface area contributed by atoms with Crippen molar-refractivity contribution in [3.05, 3.63) is 0 Å². The molecule has 2 atom stereocenters. The van der Waals surface area contributed by atoms with E-state index in [4.69, 9.17) is 0 Å². The van der Waals surface area contributed by atoms with Gasteiger partial charge in [0.2, 0.25) is 11.8 Å². The lowest BCUT2D eigenvalue weighted by molar-refractivity contribution is -0.135. The molecule has 1 N–H and O–H groups in total. The van der Waals surface area contributed by atoms with E-state index < -0.39 is 0 Å². The molecule has 0 radical (unpaired) electrons. The van der Waals surface area contributed by atoms with Crippen LogP contribution in [-0.2, 0) is 9.59 Å². The second kappa shape index (κ2) is 3.01. The zero-order valence-electron chi connectivity index (χ0n) is 7.75. The van der Waals surface area contributed by atoms with Gasteiger partial charge in [0.1, 0.15) is 0 Å². The van der Waals surface area contributed by atoms with E-state index in [-0.39, 0.29) is 30.3 Å². The lowest BCUT2D eigenvalue weighted by atomic mass is 10.0. The summed E-state index contributed by atoms with van der Waals surface area (Å²) in [6.07, 6.45) is 2.93. The molecule has 1 saturated heterocycles. The topological polar surface area (TPSA) is 49.4 Å². The van der Waals surface area contributed by atoms with Gasteiger partial charge in [-0.3, -0.25) is 9.59 Å². The van der Waals surface area contributed by atoms with Gasteiger partial charge in [-0.25, -0.2) is 0 Å². The third-order valence-corrected chi connectivity index (χ3v) is 2.94. The molecular weight excluding hydrogens is 168 g/mol. The van der Waals surface area contributed by atoms with Crippen LogP contribution in [-0.4, -0.2) is 36.3 Å². The van der Waals surface area contributed by atoms with Crippen LogP contribution in [0, 0.1) is 5.92 Å². The fraction of sp³-hybridized carbons (Fsp3) is 0.778. The largest absolute Gasteiger partial charge is 0.351 e. The van der Waals surface area contributed by atoms with Gasteiger partial charge >= 0.3 is 0 Å². The zero-order valence-corrected chi connectivity index (χ0v) is 7.75. The molecule has 0 aromatic carbocycles. The Labute approximate surface area is 77.3 Å². The van der Waals surface area contributed by atoms with Gasteiger partial charge in [0.05, 0.1) is 12.5 Å². The van der Waals surface area contributed by atoms with Crippen molar-refractivity contribution >= 4 is 11.8 Å². The summed E-state index contributed by atoms with van der Waals surface area (Å²) in [6.45, 7) is 0.214. The summed E-state index contributed by atoms with van der Waals surface area (Å²) in [5.74, 6) is 0.141. The summed E-state index contributed by atoms with van der Waals surface area (Å²) in [5, 5.41) is 2.90. The molecule has 1 aliphatic carbocycles. The number of hydrogen-bond donors (Lipinski definition) is 1. The Kier molecular flexibility index (Phi) is 1.98. The molecule has 0 spiro atoms. The molecule has 2 amide bonds. The number of likely N-dealkylation sites (N-methyl/N-ethyl adjacent to an activating group) is 1. The molecule has 1 heterocycles. The summed E-state index contributed by atoms with van der Waals surface area (Å²) in [7, 11) is 1.70. The van der Waals surface area contributed by atoms with Gasteiger partial charge in [-0.2, -0.15) is 0 Å². The highest BCUT2D eigenvalue weighted by Gasteiger charge is 2.38. The van der Waals surface area contributed by atoms with E-state index in [0.717, 1.165) is 19.3 Å². The van der Waals surface area contributed by atoms with Gasteiger partial charge in [0, 0.05) is 13.1 Å². The number of fused-ring (bicyclic) bond motifs is 1. The molecule has 2 aliphatic rings. The molecule has 4 nitrogen and oxygen atoms in total. The zero-order chi connectivity index (χ0) is 9.42. The monoisotopic (exact) mass is 182 g/mol. The Morgan fingerprint density at radius 1 is 1.38 bits per heavy atom. The summed E-state index contributed by atoms with van der Waals surface area (Å²) >= 11 is 0. The summed E-state index contributed by atoms with van der Waals surface area (Å²) in [6, 6.07) is 0.102. The van der Waals surface area contributed by atoms with E-state index in [1.165, 1.54) is 4.90 Å². The lowest BCUT2D eigenvalue weighted by Gasteiger charge is -2.17. The fourth-order valence-electron chi connectivity index (χ4n) is 2.26. The number of rotatable bonds is 0. The van der Waals surface area contributed by atoms with Crippen LogP contribution in [0.15, 0.2) is 0 Å². The summed E-state index contributed by atoms with van der Waals surface area (Å²) in [4.78, 5) is 24.5. The first-order valence-electron chi connectivity index (χ1n) is 4.73. The van der Waals surface area contributed by atoms with Crippen molar-refractivity contribution in [1.82, 2.24) is 10.2 Å². The van der Waals surface area contributed by atoms with Gasteiger partial charge < -0.3 is 10.2 Å². The standard InChI is InChI=1S/C9H14N2O2/c1-11-5-8(12)10-7-4-2-3-6(7)9(11)13/h6-7H,2-5H2,1H3,(H,10,12). The van der Waals surface area contributed by atoms with Crippen LogP contribution in [0.5, 0.6) is 0 Å². The van der Waals surface area contributed by atoms with Crippen LogP contribution < -0.4 is 5.32 Å². The molecule has 13 heavy (non-hydrogen) atoms. The maximum atomic E-state index is 11.7. The minimum Gasteiger partial charge on any atom is -0.351 e. The first kappa shape index (κ1) is 8.53. The van der Waals surface area contributed by atoms with Gasteiger partial charge in [0.15, 0.2) is 0 Å². The summed E-state index contributed by atoms with van der Waals surface area (Å²) < 4.78 is 0. The van der Waals surface area contributed by atoms with Crippen LogP contribution in [0.1, 0.15) is 19.3 Å². The van der Waals surface area contributed by atoms with E-state index >= 15 is 0 Å². The van der Waals surface area contributed by atoms with Crippen LogP contribution in [0.2, 0.25) is 0 Å².